The molecule has 0 bridgehead atoms. The van der Waals surface area contributed by atoms with Gasteiger partial charge in [0.15, 0.2) is 12.6 Å². The highest BCUT2D eigenvalue weighted by Crippen LogP contribution is 2.39. The number of aliphatic hydroxyl groups is 3. The Morgan fingerprint density at radius 2 is 1.50 bits per heavy atom. The average Bonchev–Trinajstić information content (AvgIpc) is 2.88. The van der Waals surface area contributed by atoms with Gasteiger partial charge in [-0.2, -0.15) is 0 Å². The molecule has 4 rings (SSSR count). The molecule has 1 aromatic rings. The molecule has 2 aliphatic heterocycles. The van der Waals surface area contributed by atoms with Crippen molar-refractivity contribution in [2.24, 2.45) is 15.3 Å². The van der Waals surface area contributed by atoms with E-state index in [0.717, 1.165) is 5.56 Å². The molecule has 192 valence electrons. The number of ether oxygens (including phenoxy) is 4. The van der Waals surface area contributed by atoms with Crippen LogP contribution in [0, 0.1) is 0 Å². The fourth-order valence-electron chi connectivity index (χ4n) is 4.77. The van der Waals surface area contributed by atoms with Crippen LogP contribution in [-0.4, -0.2) is 82.5 Å². The first-order valence-corrected chi connectivity index (χ1v) is 11.2. The second-order valence-electron chi connectivity index (χ2n) is 8.70. The first-order chi connectivity index (χ1) is 17.4. The first kappa shape index (κ1) is 25.9. The molecular formula is C20H25N9O7. The molecular weight excluding hydrogens is 478 g/mol. The van der Waals surface area contributed by atoms with E-state index in [9.17, 15) is 15.3 Å². The summed E-state index contributed by atoms with van der Waals surface area (Å²) in [5.41, 5.74) is 27.6. The van der Waals surface area contributed by atoms with Gasteiger partial charge >= 0.3 is 0 Å². The van der Waals surface area contributed by atoms with Crippen molar-refractivity contribution in [2.45, 2.75) is 86.8 Å². The molecule has 9 unspecified atom stereocenters. The molecule has 2 saturated heterocycles. The standard InChI is InChI=1S/C20H25N9O7/c1-8-16-18(36-19(33-8)9-5-3-2-4-6-9)14(31)12(26-29-23)20(34-16)35-17-11(25-28-22)7-10(24-27-21)13(30)15(17)32/h2-6,8,10-20,30-32H,7H2,1H3/t8?,10?,11?,12?,13?,14?,15?,16?,17-,18+,19?,20-/m1/s1. The maximum atomic E-state index is 11.1. The fourth-order valence-corrected chi connectivity index (χ4v) is 4.77. The van der Waals surface area contributed by atoms with Crippen LogP contribution in [0.2, 0.25) is 0 Å². The normalized spacial score (nSPS) is 42.1. The van der Waals surface area contributed by atoms with Crippen LogP contribution < -0.4 is 0 Å². The maximum absolute atomic E-state index is 11.1. The summed E-state index contributed by atoms with van der Waals surface area (Å²) in [7, 11) is 0. The summed E-state index contributed by atoms with van der Waals surface area (Å²) in [6.45, 7) is 1.72. The topological polar surface area (TPSA) is 244 Å². The molecule has 2 heterocycles. The number of aliphatic hydroxyl groups excluding tert-OH is 3. The molecule has 0 spiro atoms. The lowest BCUT2D eigenvalue weighted by atomic mass is 9.84. The van der Waals surface area contributed by atoms with Crippen molar-refractivity contribution in [1.82, 2.24) is 0 Å². The van der Waals surface area contributed by atoms with Crippen molar-refractivity contribution < 1.29 is 34.3 Å². The lowest BCUT2D eigenvalue weighted by molar-refractivity contribution is -0.368. The van der Waals surface area contributed by atoms with Crippen molar-refractivity contribution in [1.29, 1.82) is 0 Å². The highest BCUT2D eigenvalue weighted by molar-refractivity contribution is 5.17. The van der Waals surface area contributed by atoms with Crippen LogP contribution >= 0.6 is 0 Å². The number of hydrogen-bond acceptors (Lipinski definition) is 10. The summed E-state index contributed by atoms with van der Waals surface area (Å²) in [5.74, 6) is 0. The molecule has 0 amide bonds. The van der Waals surface area contributed by atoms with Gasteiger partial charge in [0.1, 0.15) is 24.4 Å². The van der Waals surface area contributed by atoms with Crippen LogP contribution in [0.25, 0.3) is 31.3 Å². The van der Waals surface area contributed by atoms with Gasteiger partial charge in [0.05, 0.1) is 36.5 Å². The van der Waals surface area contributed by atoms with Gasteiger partial charge in [0.2, 0.25) is 0 Å². The minimum Gasteiger partial charge on any atom is -0.390 e. The van der Waals surface area contributed by atoms with Gasteiger partial charge < -0.3 is 34.3 Å². The van der Waals surface area contributed by atoms with Crippen LogP contribution in [0.4, 0.5) is 0 Å². The highest BCUT2D eigenvalue weighted by atomic mass is 16.8. The number of benzene rings is 1. The van der Waals surface area contributed by atoms with Crippen molar-refractivity contribution >= 4 is 0 Å². The predicted molar refractivity (Wildman–Crippen MR) is 120 cm³/mol. The minimum atomic E-state index is -1.64. The molecule has 1 aromatic carbocycles. The fraction of sp³-hybridized carbons (Fsp3) is 0.700. The molecule has 1 aliphatic carbocycles. The van der Waals surface area contributed by atoms with Gasteiger partial charge in [0.25, 0.3) is 0 Å². The molecule has 0 aromatic heterocycles. The number of rotatable bonds is 6. The zero-order valence-electron chi connectivity index (χ0n) is 19.0. The third kappa shape index (κ3) is 5.05. The average molecular weight is 503 g/mol. The van der Waals surface area contributed by atoms with Crippen molar-refractivity contribution in [2.75, 3.05) is 0 Å². The van der Waals surface area contributed by atoms with Gasteiger partial charge in [0, 0.05) is 20.3 Å². The van der Waals surface area contributed by atoms with Crippen LogP contribution in [0.1, 0.15) is 25.2 Å². The molecule has 3 N–H and O–H groups in total. The highest BCUT2D eigenvalue weighted by Gasteiger charge is 2.54. The van der Waals surface area contributed by atoms with E-state index in [1.807, 2.05) is 18.2 Å². The van der Waals surface area contributed by atoms with E-state index in [-0.39, 0.29) is 6.42 Å². The second kappa shape index (κ2) is 11.3. The van der Waals surface area contributed by atoms with E-state index in [1.54, 1.807) is 19.1 Å². The quantitative estimate of drug-likeness (QED) is 0.296. The molecule has 0 radical (unpaired) electrons. The van der Waals surface area contributed by atoms with Crippen molar-refractivity contribution in [3.05, 3.63) is 67.2 Å². The van der Waals surface area contributed by atoms with Crippen LogP contribution in [0.15, 0.2) is 45.7 Å². The minimum absolute atomic E-state index is 0.119. The van der Waals surface area contributed by atoms with E-state index in [2.05, 4.69) is 30.1 Å². The smallest absolute Gasteiger partial charge is 0.184 e. The number of nitrogens with zero attached hydrogens (tertiary/aromatic N) is 9. The number of fused-ring (bicyclic) bond motifs is 1. The van der Waals surface area contributed by atoms with E-state index >= 15 is 0 Å². The Balaban J connectivity index is 1.58. The lowest BCUT2D eigenvalue weighted by Gasteiger charge is -2.50. The molecule has 3 fully saturated rings. The van der Waals surface area contributed by atoms with Gasteiger partial charge in [-0.25, -0.2) is 0 Å². The monoisotopic (exact) mass is 503 g/mol. The number of hydrogen-bond donors (Lipinski definition) is 3. The van der Waals surface area contributed by atoms with Gasteiger partial charge in [-0.1, -0.05) is 45.7 Å². The Morgan fingerprint density at radius 3 is 2.17 bits per heavy atom. The van der Waals surface area contributed by atoms with Crippen LogP contribution in [0.3, 0.4) is 0 Å². The van der Waals surface area contributed by atoms with E-state index in [1.165, 1.54) is 0 Å². The Hall–Kier alpha value is -3.13. The molecule has 36 heavy (non-hydrogen) atoms. The largest absolute Gasteiger partial charge is 0.390 e. The lowest BCUT2D eigenvalue weighted by Crippen LogP contribution is -2.65. The summed E-state index contributed by atoms with van der Waals surface area (Å²) in [5, 5.41) is 42.9. The molecule has 3 aliphatic rings. The summed E-state index contributed by atoms with van der Waals surface area (Å²) >= 11 is 0. The summed E-state index contributed by atoms with van der Waals surface area (Å²) in [4.78, 5) is 8.17. The van der Waals surface area contributed by atoms with Crippen molar-refractivity contribution in [3.8, 4) is 0 Å². The zero-order chi connectivity index (χ0) is 25.8. The Kier molecular flexibility index (Phi) is 8.14. The van der Waals surface area contributed by atoms with Gasteiger partial charge in [-0.15, -0.1) is 0 Å². The summed E-state index contributed by atoms with van der Waals surface area (Å²) in [6, 6.07) is 5.64. The maximum Gasteiger partial charge on any atom is 0.184 e. The van der Waals surface area contributed by atoms with Crippen molar-refractivity contribution in [3.63, 3.8) is 0 Å². The SMILES string of the molecule is CC1OC(c2ccccc2)O[C@H]2C(O)C(N=[N+]=[N-])[C@@H](O[C@@H]3C(N=[N+]=[N-])CC(N=[N+]=[N-])C(O)C3O)OC12. The van der Waals surface area contributed by atoms with Crippen LogP contribution in [0.5, 0.6) is 0 Å². The Bertz CT molecular complexity index is 1060. The summed E-state index contributed by atoms with van der Waals surface area (Å²) < 4.78 is 23.8. The van der Waals surface area contributed by atoms with E-state index in [4.69, 9.17) is 35.5 Å². The molecule has 1 saturated carbocycles. The summed E-state index contributed by atoms with van der Waals surface area (Å²) in [6.07, 6.45) is -10.6. The number of azide groups is 3. The Morgan fingerprint density at radius 1 is 0.833 bits per heavy atom. The van der Waals surface area contributed by atoms with Gasteiger partial charge in [-0.05, 0) is 29.9 Å². The van der Waals surface area contributed by atoms with Crippen LogP contribution in [-0.2, 0) is 18.9 Å². The predicted octanol–water partition coefficient (Wildman–Crippen LogP) is 2.12. The third-order valence-corrected chi connectivity index (χ3v) is 6.55. The Labute approximate surface area is 204 Å². The van der Waals surface area contributed by atoms with E-state index < -0.39 is 73.4 Å². The third-order valence-electron chi connectivity index (χ3n) is 6.55. The first-order valence-electron chi connectivity index (χ1n) is 11.2. The molecule has 16 heteroatoms. The molecule has 12 atom stereocenters. The molecule has 16 nitrogen and oxygen atoms in total. The van der Waals surface area contributed by atoms with Gasteiger partial charge in [-0.3, -0.25) is 0 Å². The zero-order valence-corrected chi connectivity index (χ0v) is 19.0. The van der Waals surface area contributed by atoms with E-state index in [0.29, 0.717) is 0 Å². The second-order valence-corrected chi connectivity index (χ2v) is 8.70.